The van der Waals surface area contributed by atoms with E-state index >= 15 is 0 Å². The van der Waals surface area contributed by atoms with Crippen LogP contribution in [-0.2, 0) is 0 Å². The van der Waals surface area contributed by atoms with Gasteiger partial charge < -0.3 is 9.84 Å². The third kappa shape index (κ3) is 3.18. The van der Waals surface area contributed by atoms with Gasteiger partial charge in [-0.1, -0.05) is 24.1 Å². The Morgan fingerprint density at radius 1 is 1.46 bits per heavy atom. The summed E-state index contributed by atoms with van der Waals surface area (Å²) in [5.41, 5.74) is -1.20. The first kappa shape index (κ1) is 9.63. The molecule has 0 aliphatic heterocycles. The molecule has 0 saturated carbocycles. The predicted octanol–water partition coefficient (Wildman–Crippen LogP) is 1.45. The van der Waals surface area contributed by atoms with Gasteiger partial charge in [0.2, 0.25) is 0 Å². The average molecular weight is 176 g/mol. The summed E-state index contributed by atoms with van der Waals surface area (Å²) in [5.74, 6) is 2.95. The highest BCUT2D eigenvalue weighted by Crippen LogP contribution is 2.11. The highest BCUT2D eigenvalue weighted by molar-refractivity contribution is 5.21. The summed E-state index contributed by atoms with van der Waals surface area (Å²) in [5, 5.41) is 9.42. The maximum absolute atomic E-state index is 9.42. The van der Waals surface area contributed by atoms with Gasteiger partial charge in [0.15, 0.2) is 5.60 Å². The molecule has 0 spiro atoms. The van der Waals surface area contributed by atoms with E-state index in [4.69, 9.17) is 11.2 Å². The van der Waals surface area contributed by atoms with Crippen molar-refractivity contribution >= 4 is 0 Å². The van der Waals surface area contributed by atoms with Crippen LogP contribution in [0.3, 0.4) is 0 Å². The zero-order chi connectivity index (χ0) is 9.73. The predicted molar refractivity (Wildman–Crippen MR) is 51.4 cm³/mol. The second kappa shape index (κ2) is 3.97. The zero-order valence-electron chi connectivity index (χ0n) is 7.53. The van der Waals surface area contributed by atoms with E-state index in [0.29, 0.717) is 5.75 Å². The van der Waals surface area contributed by atoms with Gasteiger partial charge >= 0.3 is 0 Å². The largest absolute Gasteiger partial charge is 0.490 e. The smallest absolute Gasteiger partial charge is 0.156 e. The summed E-state index contributed by atoms with van der Waals surface area (Å²) in [6.07, 6.45) is 5.09. The molecule has 0 aliphatic rings. The van der Waals surface area contributed by atoms with Crippen LogP contribution in [0.5, 0.6) is 5.75 Å². The molecule has 0 saturated heterocycles. The maximum Gasteiger partial charge on any atom is 0.156 e. The quantitative estimate of drug-likeness (QED) is 0.706. The van der Waals surface area contributed by atoms with Crippen LogP contribution in [0.4, 0.5) is 0 Å². The van der Waals surface area contributed by atoms with E-state index in [0.717, 1.165) is 0 Å². The Bertz CT molecular complexity index is 296. The van der Waals surface area contributed by atoms with E-state index < -0.39 is 5.60 Å². The summed E-state index contributed by atoms with van der Waals surface area (Å²) in [7, 11) is 0. The van der Waals surface area contributed by atoms with Gasteiger partial charge in [-0.15, -0.1) is 6.42 Å². The Kier molecular flexibility index (Phi) is 2.94. The fourth-order valence-corrected chi connectivity index (χ4v) is 0.782. The normalized spacial score (nSPS) is 14.2. The first-order valence-corrected chi connectivity index (χ1v) is 4.02. The molecule has 0 amide bonds. The van der Waals surface area contributed by atoms with Crippen molar-refractivity contribution in [2.45, 2.75) is 12.5 Å². The number of aliphatic hydroxyl groups is 1. The minimum atomic E-state index is -1.20. The SMILES string of the molecule is C#CC(C)(O)COc1ccccc1. The summed E-state index contributed by atoms with van der Waals surface area (Å²) < 4.78 is 5.27. The lowest BCUT2D eigenvalue weighted by Gasteiger charge is -2.16. The molecule has 1 N–H and O–H groups in total. The number of hydrogen-bond acceptors (Lipinski definition) is 2. The average Bonchev–Trinajstić information content (AvgIpc) is 2.17. The van der Waals surface area contributed by atoms with Crippen LogP contribution in [-0.4, -0.2) is 17.3 Å². The fourth-order valence-electron chi connectivity index (χ4n) is 0.782. The molecule has 0 heterocycles. The molecule has 68 valence electrons. The molecule has 0 bridgehead atoms. The van der Waals surface area contributed by atoms with Gasteiger partial charge in [0.05, 0.1) is 0 Å². The minimum absolute atomic E-state index is 0.105. The monoisotopic (exact) mass is 176 g/mol. The van der Waals surface area contributed by atoms with E-state index in [1.54, 1.807) is 0 Å². The molecular formula is C11H12O2. The van der Waals surface area contributed by atoms with Gasteiger partial charge in [-0.2, -0.15) is 0 Å². The van der Waals surface area contributed by atoms with Crippen LogP contribution in [0.2, 0.25) is 0 Å². The molecule has 1 unspecified atom stereocenters. The molecule has 1 atom stereocenters. The lowest BCUT2D eigenvalue weighted by molar-refractivity contribution is 0.0631. The molecule has 0 fully saturated rings. The number of para-hydroxylation sites is 1. The molecule has 1 rings (SSSR count). The van der Waals surface area contributed by atoms with E-state index in [2.05, 4.69) is 5.92 Å². The number of hydrogen-bond donors (Lipinski definition) is 1. The van der Waals surface area contributed by atoms with Crippen LogP contribution in [0.15, 0.2) is 30.3 Å². The third-order valence-electron chi connectivity index (χ3n) is 1.57. The van der Waals surface area contributed by atoms with Crippen LogP contribution in [0, 0.1) is 12.3 Å². The van der Waals surface area contributed by atoms with Crippen molar-refractivity contribution < 1.29 is 9.84 Å². The van der Waals surface area contributed by atoms with E-state index in [1.807, 2.05) is 30.3 Å². The third-order valence-corrected chi connectivity index (χ3v) is 1.57. The van der Waals surface area contributed by atoms with E-state index in [-0.39, 0.29) is 6.61 Å². The van der Waals surface area contributed by atoms with Crippen molar-refractivity contribution in [1.82, 2.24) is 0 Å². The second-order valence-electron chi connectivity index (χ2n) is 3.02. The molecule has 0 radical (unpaired) electrons. The number of rotatable bonds is 3. The second-order valence-corrected chi connectivity index (χ2v) is 3.02. The van der Waals surface area contributed by atoms with Gasteiger partial charge in [-0.25, -0.2) is 0 Å². The summed E-state index contributed by atoms with van der Waals surface area (Å²) in [4.78, 5) is 0. The van der Waals surface area contributed by atoms with E-state index in [1.165, 1.54) is 6.92 Å². The van der Waals surface area contributed by atoms with Crippen LogP contribution >= 0.6 is 0 Å². The first-order valence-electron chi connectivity index (χ1n) is 4.02. The zero-order valence-corrected chi connectivity index (χ0v) is 7.53. The van der Waals surface area contributed by atoms with Crippen molar-refractivity contribution in [3.63, 3.8) is 0 Å². The first-order chi connectivity index (χ1) is 6.14. The molecule has 2 nitrogen and oxygen atoms in total. The Balaban J connectivity index is 2.50. The van der Waals surface area contributed by atoms with Gasteiger partial charge in [0, 0.05) is 0 Å². The van der Waals surface area contributed by atoms with Crippen LogP contribution in [0.25, 0.3) is 0 Å². The van der Waals surface area contributed by atoms with Crippen molar-refractivity contribution in [3.05, 3.63) is 30.3 Å². The standard InChI is InChI=1S/C11H12O2/c1-3-11(2,12)9-13-10-7-5-4-6-8-10/h1,4-8,12H,9H2,2H3. The fraction of sp³-hybridized carbons (Fsp3) is 0.273. The lowest BCUT2D eigenvalue weighted by atomic mass is 10.1. The summed E-state index contributed by atoms with van der Waals surface area (Å²) in [6, 6.07) is 9.24. The molecule has 0 aliphatic carbocycles. The minimum Gasteiger partial charge on any atom is -0.490 e. The van der Waals surface area contributed by atoms with Crippen LogP contribution < -0.4 is 4.74 Å². The Morgan fingerprint density at radius 3 is 2.62 bits per heavy atom. The highest BCUT2D eigenvalue weighted by atomic mass is 16.5. The van der Waals surface area contributed by atoms with Crippen molar-refractivity contribution in [2.75, 3.05) is 6.61 Å². The molecule has 2 heteroatoms. The van der Waals surface area contributed by atoms with Gasteiger partial charge in [0.1, 0.15) is 12.4 Å². The highest BCUT2D eigenvalue weighted by Gasteiger charge is 2.16. The Morgan fingerprint density at radius 2 is 2.08 bits per heavy atom. The Hall–Kier alpha value is -1.46. The maximum atomic E-state index is 9.42. The summed E-state index contributed by atoms with van der Waals surface area (Å²) in [6.45, 7) is 1.64. The summed E-state index contributed by atoms with van der Waals surface area (Å²) >= 11 is 0. The van der Waals surface area contributed by atoms with Gasteiger partial charge in [-0.05, 0) is 19.1 Å². The van der Waals surface area contributed by atoms with Gasteiger partial charge in [-0.3, -0.25) is 0 Å². The molecule has 0 aromatic heterocycles. The molecular weight excluding hydrogens is 164 g/mol. The molecule has 1 aromatic rings. The van der Waals surface area contributed by atoms with Gasteiger partial charge in [0.25, 0.3) is 0 Å². The van der Waals surface area contributed by atoms with Crippen LogP contribution in [0.1, 0.15) is 6.92 Å². The molecule has 1 aromatic carbocycles. The van der Waals surface area contributed by atoms with Crippen molar-refractivity contribution in [1.29, 1.82) is 0 Å². The van der Waals surface area contributed by atoms with E-state index in [9.17, 15) is 5.11 Å². The number of terminal acetylenes is 1. The Labute approximate surface area is 78.2 Å². The number of benzene rings is 1. The number of ether oxygens (including phenoxy) is 1. The topological polar surface area (TPSA) is 29.5 Å². The van der Waals surface area contributed by atoms with Crippen molar-refractivity contribution in [3.8, 4) is 18.1 Å². The lowest BCUT2D eigenvalue weighted by Crippen LogP contribution is -2.30. The molecule has 13 heavy (non-hydrogen) atoms. The van der Waals surface area contributed by atoms with Crippen molar-refractivity contribution in [2.24, 2.45) is 0 Å².